The quantitative estimate of drug-likeness (QED) is 0.800. The minimum atomic E-state index is -0.386. The van der Waals surface area contributed by atoms with Gasteiger partial charge in [0.25, 0.3) is 5.91 Å². The Hall–Kier alpha value is -2.57. The van der Waals surface area contributed by atoms with Crippen LogP contribution in [0.3, 0.4) is 0 Å². The molecule has 1 N–H and O–H groups in total. The van der Waals surface area contributed by atoms with Crippen molar-refractivity contribution in [1.29, 1.82) is 0 Å². The molecule has 0 bridgehead atoms. The number of carbonyl (C=O) groups is 3. The van der Waals surface area contributed by atoms with Crippen molar-refractivity contribution in [3.05, 3.63) is 58.1 Å². The van der Waals surface area contributed by atoms with Crippen LogP contribution in [0.25, 0.3) is 11.1 Å². The van der Waals surface area contributed by atoms with Crippen LogP contribution in [0.2, 0.25) is 10.0 Å². The number of nitrogens with one attached hydrogen (secondary N) is 1. The zero-order valence-electron chi connectivity index (χ0n) is 14.1. The Bertz CT molecular complexity index is 924. The second-order valence-corrected chi connectivity index (χ2v) is 7.31. The summed E-state index contributed by atoms with van der Waals surface area (Å²) in [5.74, 6) is -0.373. The van der Waals surface area contributed by atoms with Crippen LogP contribution in [0.4, 0.5) is 4.79 Å². The largest absolute Gasteiger partial charge is 0.334 e. The molecule has 2 fully saturated rings. The molecule has 2 aliphatic rings. The number of hydrogen-bond donors (Lipinski definition) is 1. The van der Waals surface area contributed by atoms with Gasteiger partial charge in [0, 0.05) is 18.7 Å². The average molecular weight is 404 g/mol. The molecule has 4 rings (SSSR count). The highest BCUT2D eigenvalue weighted by atomic mass is 35.5. The highest BCUT2D eigenvalue weighted by molar-refractivity contribution is 6.42. The fourth-order valence-electron chi connectivity index (χ4n) is 3.25. The van der Waals surface area contributed by atoms with E-state index in [9.17, 15) is 14.4 Å². The van der Waals surface area contributed by atoms with E-state index >= 15 is 0 Å². The van der Waals surface area contributed by atoms with E-state index in [2.05, 4.69) is 5.32 Å². The first kappa shape index (κ1) is 17.8. The van der Waals surface area contributed by atoms with Crippen LogP contribution in [0.5, 0.6) is 0 Å². The summed E-state index contributed by atoms with van der Waals surface area (Å²) in [7, 11) is 0. The number of benzene rings is 2. The van der Waals surface area contributed by atoms with E-state index in [1.54, 1.807) is 29.2 Å². The third-order valence-electron chi connectivity index (χ3n) is 4.78. The zero-order valence-corrected chi connectivity index (χ0v) is 15.6. The first-order valence-electron chi connectivity index (χ1n) is 8.38. The van der Waals surface area contributed by atoms with Crippen LogP contribution in [0.15, 0.2) is 42.5 Å². The molecule has 0 radical (unpaired) electrons. The maximum absolute atomic E-state index is 12.6. The predicted octanol–water partition coefficient (Wildman–Crippen LogP) is 3.04. The van der Waals surface area contributed by atoms with Crippen LogP contribution >= 0.6 is 23.2 Å². The van der Waals surface area contributed by atoms with E-state index in [0.717, 1.165) is 11.1 Å². The normalized spacial score (nSPS) is 17.1. The number of urea groups is 1. The van der Waals surface area contributed by atoms with Crippen molar-refractivity contribution in [3.8, 4) is 11.1 Å². The Kier molecular flexibility index (Phi) is 4.53. The van der Waals surface area contributed by atoms with Gasteiger partial charge in [0.05, 0.1) is 22.6 Å². The molecule has 4 amide bonds. The SMILES string of the molecule is O=C(c1ccc(-c2ccc(Cl)c(Cl)c2)cc1)N1CC(N2C(=O)CNC2=O)C1. The van der Waals surface area contributed by atoms with Crippen LogP contribution in [0, 0.1) is 0 Å². The number of nitrogens with zero attached hydrogens (tertiary/aromatic N) is 2. The second-order valence-electron chi connectivity index (χ2n) is 6.49. The number of likely N-dealkylation sites (tertiary alicyclic amines) is 1. The van der Waals surface area contributed by atoms with Gasteiger partial charge in [-0.25, -0.2) is 4.79 Å². The molecule has 2 aromatic rings. The van der Waals surface area contributed by atoms with Gasteiger partial charge in [-0.15, -0.1) is 0 Å². The van der Waals surface area contributed by atoms with E-state index in [4.69, 9.17) is 23.2 Å². The Labute approximate surface area is 165 Å². The van der Waals surface area contributed by atoms with E-state index in [-0.39, 0.29) is 30.4 Å². The standard InChI is InChI=1S/C19H15Cl2N3O3/c20-15-6-5-13(7-16(15)21)11-1-3-12(4-2-11)18(26)23-9-14(10-23)24-17(25)8-22-19(24)27/h1-7,14H,8-10H2,(H,22,27). The van der Waals surface area contributed by atoms with E-state index in [1.807, 2.05) is 18.2 Å². The molecule has 0 aromatic heterocycles. The molecule has 0 aliphatic carbocycles. The third kappa shape index (κ3) is 3.26. The number of hydrogen-bond acceptors (Lipinski definition) is 3. The molecule has 2 aliphatic heterocycles. The molecule has 2 saturated heterocycles. The summed E-state index contributed by atoms with van der Waals surface area (Å²) < 4.78 is 0. The summed E-state index contributed by atoms with van der Waals surface area (Å²) in [6, 6.07) is 11.9. The van der Waals surface area contributed by atoms with Crippen molar-refractivity contribution in [2.45, 2.75) is 6.04 Å². The minimum absolute atomic E-state index is 0.0272. The topological polar surface area (TPSA) is 69.7 Å². The second kappa shape index (κ2) is 6.87. The Morgan fingerprint density at radius 1 is 0.963 bits per heavy atom. The van der Waals surface area contributed by atoms with Gasteiger partial charge in [-0.3, -0.25) is 14.5 Å². The van der Waals surface area contributed by atoms with Crippen LogP contribution in [0.1, 0.15) is 10.4 Å². The van der Waals surface area contributed by atoms with Gasteiger partial charge < -0.3 is 10.2 Å². The average Bonchev–Trinajstić information content (AvgIpc) is 2.95. The molecule has 27 heavy (non-hydrogen) atoms. The summed E-state index contributed by atoms with van der Waals surface area (Å²) in [4.78, 5) is 38.8. The number of imide groups is 1. The Morgan fingerprint density at radius 3 is 2.22 bits per heavy atom. The van der Waals surface area contributed by atoms with Gasteiger partial charge in [0.2, 0.25) is 5.91 Å². The maximum Gasteiger partial charge on any atom is 0.324 e. The van der Waals surface area contributed by atoms with Gasteiger partial charge in [-0.2, -0.15) is 0 Å². The van der Waals surface area contributed by atoms with Gasteiger partial charge in [-0.05, 0) is 35.4 Å². The molecular weight excluding hydrogens is 389 g/mol. The summed E-state index contributed by atoms with van der Waals surface area (Å²) in [5, 5.41) is 3.45. The lowest BCUT2D eigenvalue weighted by atomic mass is 10.0. The first-order valence-corrected chi connectivity index (χ1v) is 9.14. The number of halogens is 2. The van der Waals surface area contributed by atoms with Gasteiger partial charge in [0.15, 0.2) is 0 Å². The van der Waals surface area contributed by atoms with Crippen LogP contribution < -0.4 is 5.32 Å². The van der Waals surface area contributed by atoms with Gasteiger partial charge >= 0.3 is 6.03 Å². The van der Waals surface area contributed by atoms with E-state index in [0.29, 0.717) is 28.7 Å². The van der Waals surface area contributed by atoms with Crippen molar-refractivity contribution in [1.82, 2.24) is 15.1 Å². The van der Waals surface area contributed by atoms with Crippen molar-refractivity contribution in [2.75, 3.05) is 19.6 Å². The molecule has 2 aromatic carbocycles. The highest BCUT2D eigenvalue weighted by Gasteiger charge is 2.43. The van der Waals surface area contributed by atoms with Gasteiger partial charge in [-0.1, -0.05) is 41.4 Å². The molecule has 0 spiro atoms. The number of carbonyl (C=O) groups excluding carboxylic acids is 3. The van der Waals surface area contributed by atoms with Crippen molar-refractivity contribution in [3.63, 3.8) is 0 Å². The summed E-state index contributed by atoms with van der Waals surface area (Å²) >= 11 is 12.0. The van der Waals surface area contributed by atoms with Crippen molar-refractivity contribution < 1.29 is 14.4 Å². The molecule has 0 unspecified atom stereocenters. The molecular formula is C19H15Cl2N3O3. The first-order chi connectivity index (χ1) is 12.9. The highest BCUT2D eigenvalue weighted by Crippen LogP contribution is 2.29. The number of amides is 4. The fourth-order valence-corrected chi connectivity index (χ4v) is 3.55. The lowest BCUT2D eigenvalue weighted by Crippen LogP contribution is -2.62. The van der Waals surface area contributed by atoms with Crippen molar-refractivity contribution in [2.24, 2.45) is 0 Å². The smallest absolute Gasteiger partial charge is 0.324 e. The summed E-state index contributed by atoms with van der Waals surface area (Å²) in [6.07, 6.45) is 0. The molecule has 2 heterocycles. The molecule has 8 heteroatoms. The number of rotatable bonds is 3. The molecule has 0 saturated carbocycles. The lowest BCUT2D eigenvalue weighted by molar-refractivity contribution is -0.128. The molecule has 138 valence electrons. The molecule has 6 nitrogen and oxygen atoms in total. The van der Waals surface area contributed by atoms with Gasteiger partial charge in [0.1, 0.15) is 0 Å². The predicted molar refractivity (Wildman–Crippen MR) is 102 cm³/mol. The Balaban J connectivity index is 1.42. The van der Waals surface area contributed by atoms with E-state index in [1.165, 1.54) is 4.90 Å². The molecule has 0 atom stereocenters. The minimum Gasteiger partial charge on any atom is -0.334 e. The van der Waals surface area contributed by atoms with Crippen LogP contribution in [-0.4, -0.2) is 53.3 Å². The fraction of sp³-hybridized carbons (Fsp3) is 0.211. The lowest BCUT2D eigenvalue weighted by Gasteiger charge is -2.42. The van der Waals surface area contributed by atoms with Crippen molar-refractivity contribution >= 4 is 41.0 Å². The maximum atomic E-state index is 12.6. The zero-order chi connectivity index (χ0) is 19.1. The van der Waals surface area contributed by atoms with Crippen LogP contribution in [-0.2, 0) is 4.79 Å². The summed E-state index contributed by atoms with van der Waals surface area (Å²) in [6.45, 7) is 0.735. The third-order valence-corrected chi connectivity index (χ3v) is 5.52. The Morgan fingerprint density at radius 2 is 1.63 bits per heavy atom. The van der Waals surface area contributed by atoms with E-state index < -0.39 is 0 Å². The monoisotopic (exact) mass is 403 g/mol. The summed E-state index contributed by atoms with van der Waals surface area (Å²) in [5.41, 5.74) is 2.38.